The minimum atomic E-state index is -0.251. The molecule has 1 amide bonds. The zero-order valence-electron chi connectivity index (χ0n) is 18.4. The summed E-state index contributed by atoms with van der Waals surface area (Å²) in [7, 11) is 0. The highest BCUT2D eigenvalue weighted by Crippen LogP contribution is 2.30. The minimum absolute atomic E-state index is 0.0715. The number of fused-ring (bicyclic) bond motifs is 1. The van der Waals surface area contributed by atoms with Crippen LogP contribution in [0.2, 0.25) is 0 Å². The van der Waals surface area contributed by atoms with Gasteiger partial charge in [0, 0.05) is 10.9 Å². The summed E-state index contributed by atoms with van der Waals surface area (Å²) < 4.78 is 6.71. The van der Waals surface area contributed by atoms with E-state index in [2.05, 4.69) is 17.4 Å². The van der Waals surface area contributed by atoms with Crippen molar-refractivity contribution < 1.29 is 9.32 Å². The van der Waals surface area contributed by atoms with Crippen molar-refractivity contribution >= 4 is 45.1 Å². The molecule has 7 nitrogen and oxygen atoms in total. The van der Waals surface area contributed by atoms with Crippen LogP contribution in [0.3, 0.4) is 0 Å². The molecule has 0 fully saturated rings. The van der Waals surface area contributed by atoms with Crippen LogP contribution in [0.25, 0.3) is 10.2 Å². The van der Waals surface area contributed by atoms with Gasteiger partial charge in [-0.1, -0.05) is 53.7 Å². The Balaban J connectivity index is 1.67. The smallest absolute Gasteiger partial charge is 0.263 e. The molecule has 0 aliphatic rings. The summed E-state index contributed by atoms with van der Waals surface area (Å²) in [5, 5.41) is 7.64. The molecular formula is C23H24N4O3S2. The second-order valence-corrected chi connectivity index (χ2v) is 9.65. The lowest BCUT2D eigenvalue weighted by Crippen LogP contribution is -2.24. The van der Waals surface area contributed by atoms with Gasteiger partial charge < -0.3 is 4.52 Å². The quantitative estimate of drug-likeness (QED) is 0.312. The van der Waals surface area contributed by atoms with Crippen LogP contribution in [0.4, 0.5) is 5.88 Å². The first-order valence-electron chi connectivity index (χ1n) is 10.3. The fraction of sp³-hybridized carbons (Fsp3) is 0.304. The first-order chi connectivity index (χ1) is 15.4. The average molecular weight is 469 g/mol. The molecule has 0 saturated heterocycles. The Kier molecular flexibility index (Phi) is 6.48. The highest BCUT2D eigenvalue weighted by molar-refractivity contribution is 7.99. The maximum absolute atomic E-state index is 13.5. The molecule has 1 aromatic carbocycles. The van der Waals surface area contributed by atoms with Crippen LogP contribution in [-0.4, -0.2) is 26.4 Å². The van der Waals surface area contributed by atoms with Crippen molar-refractivity contribution in [3.8, 4) is 0 Å². The average Bonchev–Trinajstić information content (AvgIpc) is 3.32. The number of amides is 1. The minimum Gasteiger partial charge on any atom is -0.338 e. The van der Waals surface area contributed by atoms with Gasteiger partial charge in [0.25, 0.3) is 5.56 Å². The summed E-state index contributed by atoms with van der Waals surface area (Å²) in [4.78, 5) is 32.6. The summed E-state index contributed by atoms with van der Waals surface area (Å²) in [6.07, 6.45) is 0.853. The van der Waals surface area contributed by atoms with Crippen LogP contribution in [0.15, 0.2) is 44.8 Å². The van der Waals surface area contributed by atoms with Gasteiger partial charge in [-0.25, -0.2) is 4.98 Å². The Morgan fingerprint density at radius 2 is 1.97 bits per heavy atom. The number of rotatable bonds is 7. The van der Waals surface area contributed by atoms with E-state index in [1.54, 1.807) is 28.9 Å². The van der Waals surface area contributed by atoms with Crippen LogP contribution in [0, 0.1) is 20.8 Å². The SMILES string of the molecule is CCc1sc2nc(SCC(=O)Nc3cc(C)no3)n(Cc3ccc(C)cc3)c(=O)c2c1C. The zero-order chi connectivity index (χ0) is 22.8. The van der Waals surface area contributed by atoms with Gasteiger partial charge in [-0.3, -0.25) is 19.5 Å². The summed E-state index contributed by atoms with van der Waals surface area (Å²) >= 11 is 2.79. The van der Waals surface area contributed by atoms with Crippen molar-refractivity contribution in [1.82, 2.24) is 14.7 Å². The number of anilines is 1. The van der Waals surface area contributed by atoms with Gasteiger partial charge in [-0.05, 0) is 38.3 Å². The molecule has 3 heterocycles. The molecule has 166 valence electrons. The van der Waals surface area contributed by atoms with Gasteiger partial charge in [0.15, 0.2) is 5.16 Å². The Morgan fingerprint density at radius 1 is 1.22 bits per heavy atom. The van der Waals surface area contributed by atoms with Gasteiger partial charge in [0.05, 0.1) is 23.4 Å². The lowest BCUT2D eigenvalue weighted by molar-refractivity contribution is -0.113. The van der Waals surface area contributed by atoms with E-state index >= 15 is 0 Å². The third-order valence-electron chi connectivity index (χ3n) is 5.12. The standard InChI is InChI=1S/C23H24N4O3S2/c1-5-17-15(4)20-21(32-17)25-23(31-12-18(28)24-19-10-14(3)26-30-19)27(22(20)29)11-16-8-6-13(2)7-9-16/h6-10H,5,11-12H2,1-4H3,(H,24,28). The number of hydrogen-bond acceptors (Lipinski definition) is 7. The molecule has 9 heteroatoms. The van der Waals surface area contributed by atoms with E-state index in [0.717, 1.165) is 32.8 Å². The van der Waals surface area contributed by atoms with E-state index in [0.29, 0.717) is 28.7 Å². The number of hydrogen-bond donors (Lipinski definition) is 1. The summed E-state index contributed by atoms with van der Waals surface area (Å²) in [6, 6.07) is 9.73. The summed E-state index contributed by atoms with van der Waals surface area (Å²) in [6.45, 7) is 8.26. The lowest BCUT2D eigenvalue weighted by Gasteiger charge is -2.12. The number of carbonyl (C=O) groups excluding carboxylic acids is 1. The van der Waals surface area contributed by atoms with Crippen LogP contribution in [0.1, 0.15) is 34.2 Å². The lowest BCUT2D eigenvalue weighted by atomic mass is 10.1. The van der Waals surface area contributed by atoms with Crippen LogP contribution < -0.4 is 10.9 Å². The van der Waals surface area contributed by atoms with Crippen molar-refractivity contribution in [2.75, 3.05) is 11.1 Å². The van der Waals surface area contributed by atoms with E-state index in [9.17, 15) is 9.59 Å². The zero-order valence-corrected chi connectivity index (χ0v) is 20.0. The third kappa shape index (κ3) is 4.63. The number of carbonyl (C=O) groups is 1. The Labute approximate surface area is 193 Å². The first kappa shape index (κ1) is 22.3. The molecule has 0 aliphatic heterocycles. The second-order valence-electron chi connectivity index (χ2n) is 7.62. The van der Waals surface area contributed by atoms with E-state index in [1.807, 2.05) is 38.1 Å². The van der Waals surface area contributed by atoms with Crippen molar-refractivity contribution in [2.24, 2.45) is 0 Å². The van der Waals surface area contributed by atoms with Gasteiger partial charge >= 0.3 is 0 Å². The van der Waals surface area contributed by atoms with Crippen molar-refractivity contribution in [3.05, 3.63) is 67.9 Å². The molecule has 0 saturated carbocycles. The second kappa shape index (κ2) is 9.30. The number of thioether (sulfide) groups is 1. The maximum atomic E-state index is 13.5. The molecule has 4 rings (SSSR count). The number of nitrogens with one attached hydrogen (secondary N) is 1. The molecule has 4 aromatic rings. The maximum Gasteiger partial charge on any atom is 0.263 e. The molecule has 1 N–H and O–H groups in total. The molecule has 3 aromatic heterocycles. The van der Waals surface area contributed by atoms with Crippen molar-refractivity contribution in [2.45, 2.75) is 45.8 Å². The third-order valence-corrected chi connectivity index (χ3v) is 7.43. The number of thiophene rings is 1. The first-order valence-corrected chi connectivity index (χ1v) is 12.1. The molecule has 0 unspecified atom stereocenters. The van der Waals surface area contributed by atoms with Crippen molar-refractivity contribution in [1.29, 1.82) is 0 Å². The Morgan fingerprint density at radius 3 is 2.62 bits per heavy atom. The van der Waals surface area contributed by atoms with Crippen LogP contribution in [-0.2, 0) is 17.8 Å². The van der Waals surface area contributed by atoms with E-state index in [4.69, 9.17) is 9.51 Å². The molecule has 32 heavy (non-hydrogen) atoms. The molecule has 0 aliphatic carbocycles. The molecule has 0 bridgehead atoms. The van der Waals surface area contributed by atoms with Crippen molar-refractivity contribution in [3.63, 3.8) is 0 Å². The normalized spacial score (nSPS) is 11.2. The molecule has 0 atom stereocenters. The summed E-state index contributed by atoms with van der Waals surface area (Å²) in [5.74, 6) is 0.144. The van der Waals surface area contributed by atoms with E-state index in [1.165, 1.54) is 11.8 Å². The Hall–Kier alpha value is -2.91. The number of nitrogens with zero attached hydrogens (tertiary/aromatic N) is 3. The number of aromatic nitrogens is 3. The number of benzene rings is 1. The summed E-state index contributed by atoms with van der Waals surface area (Å²) in [5.41, 5.74) is 3.78. The molecule has 0 radical (unpaired) electrons. The van der Waals surface area contributed by atoms with Crippen LogP contribution in [0.5, 0.6) is 0 Å². The predicted molar refractivity (Wildman–Crippen MR) is 129 cm³/mol. The van der Waals surface area contributed by atoms with Gasteiger partial charge in [0.1, 0.15) is 4.83 Å². The van der Waals surface area contributed by atoms with Gasteiger partial charge in [-0.2, -0.15) is 0 Å². The molecule has 0 spiro atoms. The predicted octanol–water partition coefficient (Wildman–Crippen LogP) is 4.71. The van der Waals surface area contributed by atoms with E-state index < -0.39 is 0 Å². The largest absolute Gasteiger partial charge is 0.338 e. The fourth-order valence-electron chi connectivity index (χ4n) is 3.43. The molecular weight excluding hydrogens is 444 g/mol. The monoisotopic (exact) mass is 468 g/mol. The van der Waals surface area contributed by atoms with Gasteiger partial charge in [-0.15, -0.1) is 11.3 Å². The van der Waals surface area contributed by atoms with Gasteiger partial charge in [0.2, 0.25) is 11.8 Å². The highest BCUT2D eigenvalue weighted by atomic mass is 32.2. The fourth-order valence-corrected chi connectivity index (χ4v) is 5.39. The highest BCUT2D eigenvalue weighted by Gasteiger charge is 2.19. The Bertz CT molecular complexity index is 1340. The van der Waals surface area contributed by atoms with E-state index in [-0.39, 0.29) is 17.2 Å². The number of aryl methyl sites for hydroxylation is 4. The van der Waals surface area contributed by atoms with Crippen LogP contribution >= 0.6 is 23.1 Å². The topological polar surface area (TPSA) is 90.0 Å².